The highest BCUT2D eigenvalue weighted by Crippen LogP contribution is 2.23. The molecule has 1 heterocycles. The van der Waals surface area contributed by atoms with Gasteiger partial charge in [0.25, 0.3) is 0 Å². The second-order valence-electron chi connectivity index (χ2n) is 3.78. The van der Waals surface area contributed by atoms with Crippen LogP contribution in [0.4, 0.5) is 11.6 Å². The van der Waals surface area contributed by atoms with Crippen molar-refractivity contribution >= 4 is 27.6 Å². The number of nitrogens with two attached hydrogens (primary N) is 1. The molecular formula is C10H17BrN4O. The molecule has 1 aromatic heterocycles. The van der Waals surface area contributed by atoms with E-state index in [4.69, 9.17) is 10.8 Å². The van der Waals surface area contributed by atoms with E-state index in [0.29, 0.717) is 22.0 Å². The number of anilines is 2. The Hall–Kier alpha value is -0.880. The first-order chi connectivity index (χ1) is 7.65. The van der Waals surface area contributed by atoms with Gasteiger partial charge in [-0.25, -0.2) is 9.97 Å². The van der Waals surface area contributed by atoms with Crippen LogP contribution < -0.4 is 11.1 Å². The number of nitrogens with one attached hydrogen (secondary N) is 1. The van der Waals surface area contributed by atoms with E-state index >= 15 is 0 Å². The standard InChI is InChI=1S/C10H17BrN4O/c1-7(5-16)3-2-4-13-10-8(11)9(12)14-6-15-10/h6-7,16H,2-5H2,1H3,(H3,12,13,14,15). The summed E-state index contributed by atoms with van der Waals surface area (Å²) in [4.78, 5) is 7.93. The molecule has 4 N–H and O–H groups in total. The minimum atomic E-state index is 0.240. The van der Waals surface area contributed by atoms with Gasteiger partial charge in [-0.05, 0) is 34.7 Å². The Bertz CT molecular complexity index is 335. The molecule has 0 amide bonds. The average Bonchev–Trinajstić information content (AvgIpc) is 2.29. The largest absolute Gasteiger partial charge is 0.396 e. The maximum absolute atomic E-state index is 8.87. The summed E-state index contributed by atoms with van der Waals surface area (Å²) < 4.78 is 0.699. The van der Waals surface area contributed by atoms with Crippen molar-refractivity contribution in [2.24, 2.45) is 5.92 Å². The van der Waals surface area contributed by atoms with Crippen LogP contribution in [0.15, 0.2) is 10.8 Å². The Balaban J connectivity index is 2.35. The van der Waals surface area contributed by atoms with Crippen LogP contribution in [-0.4, -0.2) is 28.2 Å². The highest BCUT2D eigenvalue weighted by atomic mass is 79.9. The molecule has 16 heavy (non-hydrogen) atoms. The fraction of sp³-hybridized carbons (Fsp3) is 0.600. The van der Waals surface area contributed by atoms with Gasteiger partial charge in [0.15, 0.2) is 0 Å². The van der Waals surface area contributed by atoms with Crippen LogP contribution >= 0.6 is 15.9 Å². The van der Waals surface area contributed by atoms with Crippen molar-refractivity contribution in [1.82, 2.24) is 9.97 Å². The molecule has 1 rings (SSSR count). The van der Waals surface area contributed by atoms with Crippen molar-refractivity contribution < 1.29 is 5.11 Å². The van der Waals surface area contributed by atoms with Gasteiger partial charge in [0, 0.05) is 13.2 Å². The number of rotatable bonds is 6. The van der Waals surface area contributed by atoms with Crippen molar-refractivity contribution in [2.45, 2.75) is 19.8 Å². The molecular weight excluding hydrogens is 272 g/mol. The van der Waals surface area contributed by atoms with E-state index in [1.54, 1.807) is 0 Å². The number of hydrogen-bond acceptors (Lipinski definition) is 5. The van der Waals surface area contributed by atoms with Crippen LogP contribution in [0, 0.1) is 5.92 Å². The van der Waals surface area contributed by atoms with Crippen molar-refractivity contribution in [3.05, 3.63) is 10.8 Å². The number of hydrogen-bond donors (Lipinski definition) is 3. The van der Waals surface area contributed by atoms with E-state index in [1.165, 1.54) is 6.33 Å². The summed E-state index contributed by atoms with van der Waals surface area (Å²) in [5.41, 5.74) is 5.62. The highest BCUT2D eigenvalue weighted by molar-refractivity contribution is 9.10. The van der Waals surface area contributed by atoms with Gasteiger partial charge in [0.1, 0.15) is 22.4 Å². The average molecular weight is 289 g/mol. The first kappa shape index (κ1) is 13.2. The lowest BCUT2D eigenvalue weighted by Gasteiger charge is -2.10. The summed E-state index contributed by atoms with van der Waals surface area (Å²) >= 11 is 3.32. The van der Waals surface area contributed by atoms with Crippen LogP contribution in [-0.2, 0) is 0 Å². The van der Waals surface area contributed by atoms with Crippen molar-refractivity contribution in [2.75, 3.05) is 24.2 Å². The summed E-state index contributed by atoms with van der Waals surface area (Å²) in [7, 11) is 0. The molecule has 0 aliphatic rings. The quantitative estimate of drug-likeness (QED) is 0.693. The summed E-state index contributed by atoms with van der Waals surface area (Å²) in [6, 6.07) is 0. The van der Waals surface area contributed by atoms with E-state index in [0.717, 1.165) is 19.4 Å². The molecule has 0 aromatic carbocycles. The van der Waals surface area contributed by atoms with Crippen LogP contribution in [0.1, 0.15) is 19.8 Å². The summed E-state index contributed by atoms with van der Waals surface area (Å²) in [5.74, 6) is 1.49. The summed E-state index contributed by atoms with van der Waals surface area (Å²) in [5, 5.41) is 12.0. The Morgan fingerprint density at radius 2 is 2.31 bits per heavy atom. The molecule has 0 saturated heterocycles. The lowest BCUT2D eigenvalue weighted by Crippen LogP contribution is -2.08. The lowest BCUT2D eigenvalue weighted by atomic mass is 10.1. The number of nitrogen functional groups attached to an aromatic ring is 1. The Morgan fingerprint density at radius 1 is 1.56 bits per heavy atom. The van der Waals surface area contributed by atoms with Gasteiger partial charge in [-0.15, -0.1) is 0 Å². The van der Waals surface area contributed by atoms with Crippen LogP contribution in [0.5, 0.6) is 0 Å². The van der Waals surface area contributed by atoms with E-state index in [9.17, 15) is 0 Å². The number of aliphatic hydroxyl groups excluding tert-OH is 1. The van der Waals surface area contributed by atoms with Crippen molar-refractivity contribution in [3.63, 3.8) is 0 Å². The molecule has 0 spiro atoms. The predicted octanol–water partition coefficient (Wildman–Crippen LogP) is 1.64. The second-order valence-corrected chi connectivity index (χ2v) is 4.57. The van der Waals surface area contributed by atoms with E-state index in [-0.39, 0.29) is 6.61 Å². The number of aliphatic hydroxyl groups is 1. The molecule has 0 aliphatic carbocycles. The van der Waals surface area contributed by atoms with Crippen LogP contribution in [0.2, 0.25) is 0 Å². The molecule has 0 saturated carbocycles. The zero-order valence-corrected chi connectivity index (χ0v) is 10.9. The van der Waals surface area contributed by atoms with E-state index in [2.05, 4.69) is 31.2 Å². The second kappa shape index (κ2) is 6.65. The normalized spacial score (nSPS) is 12.4. The Labute approximate surface area is 104 Å². The Kier molecular flexibility index (Phi) is 5.48. The fourth-order valence-electron chi connectivity index (χ4n) is 1.26. The van der Waals surface area contributed by atoms with Gasteiger partial charge in [0.05, 0.1) is 0 Å². The first-order valence-electron chi connectivity index (χ1n) is 5.25. The van der Waals surface area contributed by atoms with Gasteiger partial charge >= 0.3 is 0 Å². The van der Waals surface area contributed by atoms with Gasteiger partial charge in [0.2, 0.25) is 0 Å². The third-order valence-electron chi connectivity index (χ3n) is 2.29. The molecule has 0 bridgehead atoms. The van der Waals surface area contributed by atoms with E-state index in [1.807, 2.05) is 6.92 Å². The van der Waals surface area contributed by atoms with Crippen LogP contribution in [0.25, 0.3) is 0 Å². The monoisotopic (exact) mass is 288 g/mol. The van der Waals surface area contributed by atoms with E-state index < -0.39 is 0 Å². The zero-order chi connectivity index (χ0) is 12.0. The lowest BCUT2D eigenvalue weighted by molar-refractivity contribution is 0.229. The minimum Gasteiger partial charge on any atom is -0.396 e. The molecule has 1 aromatic rings. The summed E-state index contributed by atoms with van der Waals surface area (Å²) in [6.07, 6.45) is 3.40. The molecule has 0 aliphatic heterocycles. The molecule has 5 nitrogen and oxygen atoms in total. The van der Waals surface area contributed by atoms with Gasteiger partial charge in [-0.1, -0.05) is 6.92 Å². The fourth-order valence-corrected chi connectivity index (χ4v) is 1.60. The summed E-state index contributed by atoms with van der Waals surface area (Å²) in [6.45, 7) is 3.07. The maximum Gasteiger partial charge on any atom is 0.145 e. The van der Waals surface area contributed by atoms with Crippen molar-refractivity contribution in [3.8, 4) is 0 Å². The number of halogens is 1. The van der Waals surface area contributed by atoms with Gasteiger partial charge in [-0.3, -0.25) is 0 Å². The smallest absolute Gasteiger partial charge is 0.145 e. The van der Waals surface area contributed by atoms with Crippen LogP contribution in [0.3, 0.4) is 0 Å². The molecule has 90 valence electrons. The third-order valence-corrected chi connectivity index (χ3v) is 3.08. The first-order valence-corrected chi connectivity index (χ1v) is 6.05. The molecule has 1 unspecified atom stereocenters. The third kappa shape index (κ3) is 3.94. The van der Waals surface area contributed by atoms with Gasteiger partial charge < -0.3 is 16.2 Å². The van der Waals surface area contributed by atoms with Gasteiger partial charge in [-0.2, -0.15) is 0 Å². The zero-order valence-electron chi connectivity index (χ0n) is 9.28. The SMILES string of the molecule is CC(CO)CCCNc1ncnc(N)c1Br. The topological polar surface area (TPSA) is 84.1 Å². The Morgan fingerprint density at radius 3 is 3.00 bits per heavy atom. The minimum absolute atomic E-state index is 0.240. The predicted molar refractivity (Wildman–Crippen MR) is 68.1 cm³/mol. The maximum atomic E-state index is 8.87. The number of nitrogens with zero attached hydrogens (tertiary/aromatic N) is 2. The molecule has 0 fully saturated rings. The molecule has 0 radical (unpaired) electrons. The molecule has 1 atom stereocenters. The number of aromatic nitrogens is 2. The van der Waals surface area contributed by atoms with Crippen molar-refractivity contribution in [1.29, 1.82) is 0 Å². The molecule has 6 heteroatoms. The highest BCUT2D eigenvalue weighted by Gasteiger charge is 2.05.